The standard InChI is InChI=1S/C13H15Cl2NO3/c1-6(2)7(3)12(17)16-11-9(15)5-4-8(14)10(11)13(18)19/h4-7H,1-3H3,(H,16,17)(H,18,19). The van der Waals surface area contributed by atoms with E-state index in [4.69, 9.17) is 28.3 Å². The van der Waals surface area contributed by atoms with Crippen LogP contribution in [0.4, 0.5) is 5.69 Å². The van der Waals surface area contributed by atoms with E-state index < -0.39 is 5.97 Å². The number of rotatable bonds is 4. The van der Waals surface area contributed by atoms with E-state index in [0.29, 0.717) is 0 Å². The van der Waals surface area contributed by atoms with Gasteiger partial charge in [0.25, 0.3) is 0 Å². The summed E-state index contributed by atoms with van der Waals surface area (Å²) in [6, 6.07) is 2.83. The van der Waals surface area contributed by atoms with Gasteiger partial charge in [0.15, 0.2) is 0 Å². The SMILES string of the molecule is CC(C)C(C)C(=O)Nc1c(Cl)ccc(Cl)c1C(=O)O. The lowest BCUT2D eigenvalue weighted by molar-refractivity contribution is -0.120. The Morgan fingerprint density at radius 2 is 1.68 bits per heavy atom. The van der Waals surface area contributed by atoms with Crippen molar-refractivity contribution < 1.29 is 14.7 Å². The zero-order valence-corrected chi connectivity index (χ0v) is 12.3. The van der Waals surface area contributed by atoms with Gasteiger partial charge in [-0.3, -0.25) is 4.79 Å². The fourth-order valence-corrected chi connectivity index (χ4v) is 1.87. The molecule has 0 heterocycles. The first kappa shape index (κ1) is 15.8. The van der Waals surface area contributed by atoms with Crippen LogP contribution in [0.25, 0.3) is 0 Å². The summed E-state index contributed by atoms with van der Waals surface area (Å²) in [7, 11) is 0. The maximum Gasteiger partial charge on any atom is 0.339 e. The Morgan fingerprint density at radius 1 is 1.16 bits per heavy atom. The van der Waals surface area contributed by atoms with Gasteiger partial charge in [-0.15, -0.1) is 0 Å². The Bertz CT molecular complexity index is 515. The number of nitrogens with one attached hydrogen (secondary N) is 1. The Kier molecular flexibility index (Phi) is 5.20. The smallest absolute Gasteiger partial charge is 0.339 e. The van der Waals surface area contributed by atoms with Crippen molar-refractivity contribution in [1.82, 2.24) is 0 Å². The van der Waals surface area contributed by atoms with Crippen LogP contribution in [0.1, 0.15) is 31.1 Å². The monoisotopic (exact) mass is 303 g/mol. The van der Waals surface area contributed by atoms with Crippen LogP contribution in [0.15, 0.2) is 12.1 Å². The van der Waals surface area contributed by atoms with E-state index in [1.807, 2.05) is 13.8 Å². The molecule has 1 atom stereocenters. The summed E-state index contributed by atoms with van der Waals surface area (Å²) >= 11 is 11.8. The number of carbonyl (C=O) groups excluding carboxylic acids is 1. The average Bonchev–Trinajstić information content (AvgIpc) is 2.32. The van der Waals surface area contributed by atoms with Gasteiger partial charge in [0.1, 0.15) is 5.56 Å². The first-order valence-electron chi connectivity index (χ1n) is 5.77. The molecule has 1 aromatic carbocycles. The zero-order chi connectivity index (χ0) is 14.7. The highest BCUT2D eigenvalue weighted by molar-refractivity contribution is 6.38. The number of hydrogen-bond acceptors (Lipinski definition) is 2. The van der Waals surface area contributed by atoms with Crippen LogP contribution in [0.5, 0.6) is 0 Å². The first-order valence-corrected chi connectivity index (χ1v) is 6.53. The molecule has 6 heteroatoms. The molecule has 1 unspecified atom stereocenters. The second-order valence-electron chi connectivity index (χ2n) is 4.61. The number of carboxylic acids is 1. The van der Waals surface area contributed by atoms with Gasteiger partial charge in [0.05, 0.1) is 15.7 Å². The molecule has 4 nitrogen and oxygen atoms in total. The number of aromatic carboxylic acids is 1. The van der Waals surface area contributed by atoms with Gasteiger partial charge < -0.3 is 10.4 Å². The molecule has 1 rings (SSSR count). The van der Waals surface area contributed by atoms with Gasteiger partial charge in [-0.2, -0.15) is 0 Å². The lowest BCUT2D eigenvalue weighted by Gasteiger charge is -2.17. The molecule has 1 aromatic rings. The summed E-state index contributed by atoms with van der Waals surface area (Å²) in [6.45, 7) is 5.57. The molecule has 0 aliphatic rings. The topological polar surface area (TPSA) is 66.4 Å². The van der Waals surface area contributed by atoms with Crippen molar-refractivity contribution in [2.24, 2.45) is 11.8 Å². The minimum atomic E-state index is -1.24. The highest BCUT2D eigenvalue weighted by atomic mass is 35.5. The summed E-state index contributed by atoms with van der Waals surface area (Å²) in [6.07, 6.45) is 0. The highest BCUT2D eigenvalue weighted by Crippen LogP contribution is 2.32. The third-order valence-electron chi connectivity index (χ3n) is 2.98. The van der Waals surface area contributed by atoms with E-state index in [0.717, 1.165) is 0 Å². The summed E-state index contributed by atoms with van der Waals surface area (Å²) < 4.78 is 0. The second-order valence-corrected chi connectivity index (χ2v) is 5.42. The van der Waals surface area contributed by atoms with Gasteiger partial charge >= 0.3 is 5.97 Å². The highest BCUT2D eigenvalue weighted by Gasteiger charge is 2.23. The van der Waals surface area contributed by atoms with Crippen molar-refractivity contribution in [2.45, 2.75) is 20.8 Å². The van der Waals surface area contributed by atoms with Crippen molar-refractivity contribution >= 4 is 40.8 Å². The molecular weight excluding hydrogens is 289 g/mol. The minimum absolute atomic E-state index is 0.0319. The number of carbonyl (C=O) groups is 2. The molecular formula is C13H15Cl2NO3. The van der Waals surface area contributed by atoms with Gasteiger partial charge in [0, 0.05) is 5.92 Å². The molecule has 19 heavy (non-hydrogen) atoms. The molecule has 0 fully saturated rings. The fraction of sp³-hybridized carbons (Fsp3) is 0.385. The number of halogens is 2. The fourth-order valence-electron chi connectivity index (χ4n) is 1.42. The minimum Gasteiger partial charge on any atom is -0.478 e. The second kappa shape index (κ2) is 6.26. The van der Waals surface area contributed by atoms with Crippen molar-refractivity contribution in [3.05, 3.63) is 27.7 Å². The van der Waals surface area contributed by atoms with Crippen LogP contribution in [-0.2, 0) is 4.79 Å². The molecule has 1 amide bonds. The summed E-state index contributed by atoms with van der Waals surface area (Å²) in [5, 5.41) is 11.9. The number of carboxylic acid groups (broad SMARTS) is 1. The lowest BCUT2D eigenvalue weighted by atomic mass is 9.97. The van der Waals surface area contributed by atoms with Crippen molar-refractivity contribution in [2.75, 3.05) is 5.32 Å². The summed E-state index contributed by atoms with van der Waals surface area (Å²) in [5.41, 5.74) is -0.155. The van der Waals surface area contributed by atoms with Crippen molar-refractivity contribution in [1.29, 1.82) is 0 Å². The quantitative estimate of drug-likeness (QED) is 0.886. The Labute approximate surface area is 121 Å². The number of hydrogen-bond donors (Lipinski definition) is 2. The predicted octanol–water partition coefficient (Wildman–Crippen LogP) is 3.92. The molecule has 0 bridgehead atoms. The van der Waals surface area contributed by atoms with Crippen LogP contribution >= 0.6 is 23.2 Å². The van der Waals surface area contributed by atoms with E-state index >= 15 is 0 Å². The van der Waals surface area contributed by atoms with Crippen LogP contribution in [0.2, 0.25) is 10.0 Å². The zero-order valence-electron chi connectivity index (χ0n) is 10.8. The predicted molar refractivity (Wildman–Crippen MR) is 76.1 cm³/mol. The van der Waals surface area contributed by atoms with Crippen LogP contribution in [0.3, 0.4) is 0 Å². The number of benzene rings is 1. The van der Waals surface area contributed by atoms with E-state index in [2.05, 4.69) is 5.32 Å². The third-order valence-corrected chi connectivity index (χ3v) is 3.61. The molecule has 0 spiro atoms. The summed E-state index contributed by atoms with van der Waals surface area (Å²) in [5.74, 6) is -1.66. The van der Waals surface area contributed by atoms with Crippen LogP contribution in [0, 0.1) is 11.8 Å². The van der Waals surface area contributed by atoms with Gasteiger partial charge in [-0.05, 0) is 18.1 Å². The largest absolute Gasteiger partial charge is 0.478 e. The maximum atomic E-state index is 12.0. The summed E-state index contributed by atoms with van der Waals surface area (Å²) in [4.78, 5) is 23.2. The van der Waals surface area contributed by atoms with Gasteiger partial charge in [-0.25, -0.2) is 4.79 Å². The van der Waals surface area contributed by atoms with Crippen LogP contribution in [-0.4, -0.2) is 17.0 Å². The molecule has 0 saturated heterocycles. The van der Waals surface area contributed by atoms with Gasteiger partial charge in [-0.1, -0.05) is 44.0 Å². The van der Waals surface area contributed by atoms with E-state index in [-0.39, 0.29) is 39.0 Å². The molecule has 104 valence electrons. The third kappa shape index (κ3) is 3.61. The molecule has 0 aliphatic carbocycles. The Morgan fingerprint density at radius 3 is 2.16 bits per heavy atom. The Hall–Kier alpha value is -1.26. The van der Waals surface area contributed by atoms with Crippen molar-refractivity contribution in [3.63, 3.8) is 0 Å². The molecule has 0 aromatic heterocycles. The number of amides is 1. The van der Waals surface area contributed by atoms with Crippen LogP contribution < -0.4 is 5.32 Å². The first-order chi connectivity index (χ1) is 8.75. The maximum absolute atomic E-state index is 12.0. The molecule has 0 saturated carbocycles. The number of anilines is 1. The molecule has 0 radical (unpaired) electrons. The van der Waals surface area contributed by atoms with E-state index in [1.165, 1.54) is 12.1 Å². The van der Waals surface area contributed by atoms with Gasteiger partial charge in [0.2, 0.25) is 5.91 Å². The lowest BCUT2D eigenvalue weighted by Crippen LogP contribution is -2.25. The molecule has 2 N–H and O–H groups in total. The average molecular weight is 304 g/mol. The molecule has 0 aliphatic heterocycles. The van der Waals surface area contributed by atoms with Crippen molar-refractivity contribution in [3.8, 4) is 0 Å². The van der Waals surface area contributed by atoms with E-state index in [1.54, 1.807) is 6.92 Å². The normalized spacial score (nSPS) is 12.3. The van der Waals surface area contributed by atoms with E-state index in [9.17, 15) is 9.59 Å². The Balaban J connectivity index is 3.17.